The molecular weight excluding hydrogens is 411 g/mol. The zero-order valence-electron chi connectivity index (χ0n) is 18.5. The van der Waals surface area contributed by atoms with Gasteiger partial charge in [0, 0.05) is 6.42 Å². The lowest BCUT2D eigenvalue weighted by atomic mass is 10.0. The molecule has 0 aliphatic heterocycles. The van der Waals surface area contributed by atoms with Gasteiger partial charge in [0.25, 0.3) is 0 Å². The summed E-state index contributed by atoms with van der Waals surface area (Å²) >= 11 is 0. The van der Waals surface area contributed by atoms with Crippen molar-refractivity contribution >= 4 is 19.4 Å². The Labute approximate surface area is 181 Å². The second kappa shape index (κ2) is 21.6. The zero-order chi connectivity index (χ0) is 23.3. The lowest BCUT2D eigenvalue weighted by molar-refractivity contribution is -0.140. The molecule has 8 nitrogen and oxygen atoms in total. The van der Waals surface area contributed by atoms with Gasteiger partial charge in [0.15, 0.2) is 17.7 Å². The molecule has 0 heterocycles. The van der Waals surface area contributed by atoms with Crippen molar-refractivity contribution in [3.63, 3.8) is 0 Å². The maximum absolute atomic E-state index is 11.5. The van der Waals surface area contributed by atoms with Crippen molar-refractivity contribution in [3.8, 4) is 0 Å². The Hall–Kier alpha value is -0.630. The number of phosphoric acid groups is 1. The highest BCUT2D eigenvalue weighted by Gasteiger charge is 2.21. The molecule has 0 aliphatic carbocycles. The van der Waals surface area contributed by atoms with Crippen molar-refractivity contribution < 1.29 is 39.0 Å². The van der Waals surface area contributed by atoms with Gasteiger partial charge >= 0.3 is 7.82 Å². The van der Waals surface area contributed by atoms with Gasteiger partial charge in [-0.3, -0.25) is 9.59 Å². The molecule has 0 bridgehead atoms. The Morgan fingerprint density at radius 2 is 0.967 bits per heavy atom. The van der Waals surface area contributed by atoms with E-state index in [2.05, 4.69) is 6.92 Å². The van der Waals surface area contributed by atoms with Crippen molar-refractivity contribution in [1.29, 1.82) is 0 Å². The predicted molar refractivity (Wildman–Crippen MR) is 117 cm³/mol. The van der Waals surface area contributed by atoms with Crippen molar-refractivity contribution in [2.45, 2.75) is 116 Å². The first-order chi connectivity index (χ1) is 14.1. The normalized spacial score (nSPS) is 12.2. The number of unbranched alkanes of at least 4 members (excludes halogenated alkanes) is 14. The van der Waals surface area contributed by atoms with Crippen LogP contribution in [0.2, 0.25) is 0 Å². The number of rotatable bonds is 19. The Morgan fingerprint density at radius 1 is 0.667 bits per heavy atom. The summed E-state index contributed by atoms with van der Waals surface area (Å²) < 4.78 is 8.88. The lowest BCUT2D eigenvalue weighted by Gasteiger charge is -2.06. The summed E-state index contributed by atoms with van der Waals surface area (Å²) in [4.78, 5) is 44.1. The third-order valence-electron chi connectivity index (χ3n) is 4.79. The molecule has 1 atom stereocenters. The highest BCUT2D eigenvalue weighted by Crippen LogP contribution is 2.25. The van der Waals surface area contributed by atoms with Crippen molar-refractivity contribution in [1.82, 2.24) is 0 Å². The van der Waals surface area contributed by atoms with Gasteiger partial charge < -0.3 is 24.9 Å². The van der Waals surface area contributed by atoms with E-state index in [0.29, 0.717) is 6.42 Å². The van der Waals surface area contributed by atoms with Crippen LogP contribution in [0.15, 0.2) is 0 Å². The minimum Gasteiger partial charge on any atom is -0.388 e. The van der Waals surface area contributed by atoms with Gasteiger partial charge in [0.05, 0.1) is 0 Å². The topological polar surface area (TPSA) is 152 Å². The van der Waals surface area contributed by atoms with Crippen molar-refractivity contribution in [3.05, 3.63) is 0 Å². The van der Waals surface area contributed by atoms with Gasteiger partial charge in [0.2, 0.25) is 0 Å². The second-order valence-electron chi connectivity index (χ2n) is 7.71. The smallest absolute Gasteiger partial charge is 0.388 e. The minimum atomic E-state index is -4.64. The molecule has 0 saturated carbocycles. The van der Waals surface area contributed by atoms with Crippen LogP contribution >= 0.6 is 7.82 Å². The SMILES string of the molecule is CCCCCCCCCCCCCCCCCC(=O)C(O)C(=O)CO.O=P(O)(O)O. The van der Waals surface area contributed by atoms with E-state index >= 15 is 0 Å². The predicted octanol–water partition coefficient (Wildman–Crippen LogP) is 3.81. The third-order valence-corrected chi connectivity index (χ3v) is 4.79. The molecule has 0 amide bonds. The van der Waals surface area contributed by atoms with Crippen molar-refractivity contribution in [2.24, 2.45) is 0 Å². The number of ketones is 2. The molecule has 0 aromatic heterocycles. The van der Waals surface area contributed by atoms with Crippen LogP contribution in [0, 0.1) is 0 Å². The first-order valence-corrected chi connectivity index (χ1v) is 12.8. The second-order valence-corrected chi connectivity index (χ2v) is 8.73. The molecule has 9 heteroatoms. The quantitative estimate of drug-likeness (QED) is 0.112. The summed E-state index contributed by atoms with van der Waals surface area (Å²) in [7, 11) is -4.64. The molecule has 0 rings (SSSR count). The molecule has 0 aromatic rings. The summed E-state index contributed by atoms with van der Waals surface area (Å²) in [5.74, 6) is -1.26. The number of carbonyl (C=O) groups excluding carboxylic acids is 2. The number of aliphatic hydroxyl groups is 2. The summed E-state index contributed by atoms with van der Waals surface area (Å²) in [5.41, 5.74) is 0. The van der Waals surface area contributed by atoms with Gasteiger partial charge in [-0.2, -0.15) is 0 Å². The Morgan fingerprint density at radius 3 is 1.27 bits per heavy atom. The molecule has 5 N–H and O–H groups in total. The standard InChI is InChI=1S/C21H40O4.H3O4P/c1-2-3-4-5-6-7-8-9-10-11-12-13-14-15-16-17-19(23)21(25)20(24)18-22;1-5(2,3)4/h21-22,25H,2-18H2,1H3;(H3,1,2,3,4). The molecule has 180 valence electrons. The van der Waals surface area contributed by atoms with E-state index in [1.54, 1.807) is 0 Å². The largest absolute Gasteiger partial charge is 0.466 e. The fraction of sp³-hybridized carbons (Fsp3) is 0.905. The molecule has 0 saturated heterocycles. The molecule has 0 aromatic carbocycles. The Bertz CT molecular complexity index is 456. The maximum Gasteiger partial charge on any atom is 0.466 e. The third kappa shape index (κ3) is 27.4. The fourth-order valence-electron chi connectivity index (χ4n) is 3.07. The summed E-state index contributed by atoms with van der Waals surface area (Å²) in [6.45, 7) is 1.48. The van der Waals surface area contributed by atoms with Crippen LogP contribution in [0.5, 0.6) is 0 Å². The van der Waals surface area contributed by atoms with Crippen LogP contribution in [0.1, 0.15) is 110 Å². The highest BCUT2D eigenvalue weighted by atomic mass is 31.2. The molecule has 0 spiro atoms. The van der Waals surface area contributed by atoms with E-state index in [1.165, 1.54) is 77.0 Å². The van der Waals surface area contributed by atoms with Crippen LogP contribution in [-0.4, -0.2) is 49.2 Å². The van der Waals surface area contributed by atoms with E-state index in [-0.39, 0.29) is 6.42 Å². The van der Waals surface area contributed by atoms with Gasteiger partial charge in [-0.05, 0) is 6.42 Å². The number of Topliss-reactive ketones (excluding diaryl/α,β-unsaturated/α-hetero) is 2. The molecule has 0 radical (unpaired) electrons. The summed E-state index contributed by atoms with van der Waals surface area (Å²) in [6.07, 6.45) is 17.5. The highest BCUT2D eigenvalue weighted by molar-refractivity contribution is 7.45. The van der Waals surface area contributed by atoms with E-state index in [1.807, 2.05) is 0 Å². The molecule has 30 heavy (non-hydrogen) atoms. The van der Waals surface area contributed by atoms with Crippen LogP contribution < -0.4 is 0 Å². The summed E-state index contributed by atoms with van der Waals surface area (Å²) in [6, 6.07) is 0. The number of hydrogen-bond acceptors (Lipinski definition) is 5. The van der Waals surface area contributed by atoms with Crippen LogP contribution in [-0.2, 0) is 14.2 Å². The molecule has 0 fully saturated rings. The number of aliphatic hydroxyl groups excluding tert-OH is 2. The van der Waals surface area contributed by atoms with Crippen LogP contribution in [0.25, 0.3) is 0 Å². The minimum absolute atomic E-state index is 0.227. The van der Waals surface area contributed by atoms with Gasteiger partial charge in [-0.1, -0.05) is 96.8 Å². The Kier molecular flexibility index (Phi) is 22.7. The average molecular weight is 455 g/mol. The van der Waals surface area contributed by atoms with E-state index in [4.69, 9.17) is 24.4 Å². The summed E-state index contributed by atoms with van der Waals surface area (Å²) in [5, 5.41) is 17.9. The zero-order valence-corrected chi connectivity index (χ0v) is 19.4. The van der Waals surface area contributed by atoms with Gasteiger partial charge in [0.1, 0.15) is 6.61 Å². The fourth-order valence-corrected chi connectivity index (χ4v) is 3.07. The van der Waals surface area contributed by atoms with Crippen LogP contribution in [0.3, 0.4) is 0 Å². The molecule has 0 aliphatic rings. The first-order valence-electron chi connectivity index (χ1n) is 11.3. The van der Waals surface area contributed by atoms with E-state index in [0.717, 1.165) is 12.8 Å². The van der Waals surface area contributed by atoms with Crippen molar-refractivity contribution in [2.75, 3.05) is 6.61 Å². The molecular formula is C21H43O8P. The van der Waals surface area contributed by atoms with E-state index < -0.39 is 32.1 Å². The average Bonchev–Trinajstić information content (AvgIpc) is 2.68. The number of carbonyl (C=O) groups is 2. The molecule has 1 unspecified atom stereocenters. The number of hydrogen-bond donors (Lipinski definition) is 5. The first kappa shape index (κ1) is 31.6. The maximum atomic E-state index is 11.5. The lowest BCUT2D eigenvalue weighted by Crippen LogP contribution is -2.31. The van der Waals surface area contributed by atoms with Crippen LogP contribution in [0.4, 0.5) is 0 Å². The van der Waals surface area contributed by atoms with E-state index in [9.17, 15) is 14.7 Å². The monoisotopic (exact) mass is 454 g/mol. The van der Waals surface area contributed by atoms with Gasteiger partial charge in [-0.15, -0.1) is 0 Å². The van der Waals surface area contributed by atoms with Gasteiger partial charge in [-0.25, -0.2) is 4.57 Å². The Balaban J connectivity index is 0.